The molecular formula is C29H30F6N4O. The lowest BCUT2D eigenvalue weighted by molar-refractivity contribution is -0.143. The molecule has 1 saturated heterocycles. The van der Waals surface area contributed by atoms with E-state index in [1.54, 1.807) is 12.5 Å². The third-order valence-electron chi connectivity index (χ3n) is 7.89. The Kier molecular flexibility index (Phi) is 7.69. The third kappa shape index (κ3) is 6.68. The number of likely N-dealkylation sites (tertiary alicyclic amines) is 1. The molecule has 3 aromatic rings. The summed E-state index contributed by atoms with van der Waals surface area (Å²) in [6.45, 7) is 1.63. The molecule has 0 spiro atoms. The fourth-order valence-electron chi connectivity index (χ4n) is 5.51. The quantitative estimate of drug-likeness (QED) is 0.314. The highest BCUT2D eigenvalue weighted by Crippen LogP contribution is 2.46. The second-order valence-corrected chi connectivity index (χ2v) is 10.9. The van der Waals surface area contributed by atoms with Crippen molar-refractivity contribution in [2.45, 2.75) is 57.5 Å². The van der Waals surface area contributed by atoms with Crippen molar-refractivity contribution >= 4 is 5.91 Å². The van der Waals surface area contributed by atoms with Crippen LogP contribution in [0.15, 0.2) is 61.2 Å². The summed E-state index contributed by atoms with van der Waals surface area (Å²) >= 11 is 0. The Labute approximate surface area is 228 Å². The number of piperidine rings is 1. The number of imidazole rings is 1. The molecule has 40 heavy (non-hydrogen) atoms. The number of halogens is 6. The molecule has 1 aliphatic carbocycles. The van der Waals surface area contributed by atoms with Gasteiger partial charge in [0, 0.05) is 31.2 Å². The standard InChI is InChI=1S/C29H30F6N4O/c30-28(31,32)23-12-22(13-24(15-23)29(33,34)35)17-37-26(40)27(16-20-4-5-20)6-9-38(10-7-27)18-21-2-1-3-25(14-21)39-11-8-36-19-39/h1-3,8,11-15,19-20H,4-7,9-10,16-18H2,(H,37,40). The van der Waals surface area contributed by atoms with Crippen molar-refractivity contribution in [3.05, 3.63) is 83.4 Å². The van der Waals surface area contributed by atoms with Gasteiger partial charge in [0.2, 0.25) is 5.91 Å². The second-order valence-electron chi connectivity index (χ2n) is 10.9. The number of hydrogen-bond acceptors (Lipinski definition) is 3. The van der Waals surface area contributed by atoms with Gasteiger partial charge in [0.15, 0.2) is 0 Å². The number of alkyl halides is 6. The Morgan fingerprint density at radius 2 is 1.62 bits per heavy atom. The predicted molar refractivity (Wildman–Crippen MR) is 136 cm³/mol. The normalized spacial score (nSPS) is 18.1. The van der Waals surface area contributed by atoms with E-state index in [0.29, 0.717) is 56.9 Å². The van der Waals surface area contributed by atoms with Gasteiger partial charge in [-0.25, -0.2) is 4.98 Å². The molecule has 2 aromatic carbocycles. The van der Waals surface area contributed by atoms with Crippen LogP contribution >= 0.6 is 0 Å². The zero-order chi connectivity index (χ0) is 28.5. The van der Waals surface area contributed by atoms with Crippen LogP contribution in [0.25, 0.3) is 5.69 Å². The van der Waals surface area contributed by atoms with Crippen molar-refractivity contribution in [2.24, 2.45) is 11.3 Å². The number of benzene rings is 2. The van der Waals surface area contributed by atoms with Gasteiger partial charge in [0.1, 0.15) is 0 Å². The van der Waals surface area contributed by atoms with Gasteiger partial charge in [0.05, 0.1) is 22.9 Å². The van der Waals surface area contributed by atoms with Crippen molar-refractivity contribution in [2.75, 3.05) is 13.1 Å². The zero-order valence-electron chi connectivity index (χ0n) is 21.7. The van der Waals surface area contributed by atoms with Gasteiger partial charge in [-0.05, 0) is 79.7 Å². The van der Waals surface area contributed by atoms with Gasteiger partial charge in [-0.15, -0.1) is 0 Å². The first-order chi connectivity index (χ1) is 18.9. The minimum Gasteiger partial charge on any atom is -0.352 e. The molecule has 5 nitrogen and oxygen atoms in total. The molecule has 214 valence electrons. The molecule has 0 unspecified atom stereocenters. The number of hydrogen-bond donors (Lipinski definition) is 1. The molecule has 0 atom stereocenters. The zero-order valence-corrected chi connectivity index (χ0v) is 21.7. The number of nitrogens with zero attached hydrogens (tertiary/aromatic N) is 3. The Morgan fingerprint density at radius 3 is 2.20 bits per heavy atom. The van der Waals surface area contributed by atoms with Crippen LogP contribution in [-0.2, 0) is 30.2 Å². The van der Waals surface area contributed by atoms with Crippen LogP contribution in [-0.4, -0.2) is 33.4 Å². The van der Waals surface area contributed by atoms with Crippen LogP contribution in [0.4, 0.5) is 26.3 Å². The third-order valence-corrected chi connectivity index (χ3v) is 7.89. The van der Waals surface area contributed by atoms with Crippen molar-refractivity contribution in [1.82, 2.24) is 19.8 Å². The van der Waals surface area contributed by atoms with Gasteiger partial charge in [-0.2, -0.15) is 26.3 Å². The Hall–Kier alpha value is -3.34. The molecule has 5 rings (SSSR count). The molecule has 0 bridgehead atoms. The van der Waals surface area contributed by atoms with E-state index >= 15 is 0 Å². The summed E-state index contributed by atoms with van der Waals surface area (Å²) in [5, 5.41) is 2.69. The first kappa shape index (κ1) is 28.2. The highest BCUT2D eigenvalue weighted by molar-refractivity contribution is 5.82. The van der Waals surface area contributed by atoms with Crippen molar-refractivity contribution in [3.63, 3.8) is 0 Å². The van der Waals surface area contributed by atoms with Crippen LogP contribution in [0.3, 0.4) is 0 Å². The SMILES string of the molecule is O=C(NCc1cc(C(F)(F)F)cc(C(F)(F)F)c1)C1(CC2CC2)CCN(Cc2cccc(-n3ccnc3)c2)CC1. The van der Waals surface area contributed by atoms with E-state index in [0.717, 1.165) is 24.1 Å². The second kappa shape index (κ2) is 10.9. The van der Waals surface area contributed by atoms with Crippen LogP contribution in [0.5, 0.6) is 0 Å². The summed E-state index contributed by atoms with van der Waals surface area (Å²) in [6, 6.07) is 9.55. The Balaban J connectivity index is 1.25. The van der Waals surface area contributed by atoms with Gasteiger partial charge >= 0.3 is 12.4 Å². The van der Waals surface area contributed by atoms with Gasteiger partial charge < -0.3 is 9.88 Å². The monoisotopic (exact) mass is 564 g/mol. The lowest BCUT2D eigenvalue weighted by Gasteiger charge is -2.41. The minimum absolute atomic E-state index is 0.0980. The molecule has 2 heterocycles. The van der Waals surface area contributed by atoms with Crippen LogP contribution in [0.2, 0.25) is 0 Å². The number of rotatable bonds is 8. The highest BCUT2D eigenvalue weighted by Gasteiger charge is 2.45. The van der Waals surface area contributed by atoms with E-state index in [9.17, 15) is 31.1 Å². The minimum atomic E-state index is -4.93. The van der Waals surface area contributed by atoms with Crippen molar-refractivity contribution < 1.29 is 31.1 Å². The topological polar surface area (TPSA) is 50.2 Å². The molecule has 1 saturated carbocycles. The van der Waals surface area contributed by atoms with Gasteiger partial charge in [-0.1, -0.05) is 25.0 Å². The van der Waals surface area contributed by atoms with Crippen molar-refractivity contribution in [3.8, 4) is 5.69 Å². The maximum atomic E-state index is 13.5. The molecule has 1 N–H and O–H groups in total. The summed E-state index contributed by atoms with van der Waals surface area (Å²) in [6.07, 6.45) is -0.660. The summed E-state index contributed by atoms with van der Waals surface area (Å²) in [5.41, 5.74) is -1.57. The average Bonchev–Trinajstić information content (AvgIpc) is 3.54. The van der Waals surface area contributed by atoms with E-state index in [1.807, 2.05) is 29.0 Å². The molecular weight excluding hydrogens is 534 g/mol. The van der Waals surface area contributed by atoms with E-state index in [-0.39, 0.29) is 17.5 Å². The summed E-state index contributed by atoms with van der Waals surface area (Å²) in [5.74, 6) is 0.127. The molecule has 1 aromatic heterocycles. The van der Waals surface area contributed by atoms with Gasteiger partial charge in [0.25, 0.3) is 0 Å². The molecule has 11 heteroatoms. The van der Waals surface area contributed by atoms with Gasteiger partial charge in [-0.3, -0.25) is 9.69 Å². The van der Waals surface area contributed by atoms with Crippen LogP contribution in [0.1, 0.15) is 54.4 Å². The van der Waals surface area contributed by atoms with E-state index < -0.39 is 35.4 Å². The largest absolute Gasteiger partial charge is 0.416 e. The highest BCUT2D eigenvalue weighted by atomic mass is 19.4. The number of carbonyl (C=O) groups is 1. The van der Waals surface area contributed by atoms with Crippen molar-refractivity contribution in [1.29, 1.82) is 0 Å². The fraction of sp³-hybridized carbons (Fsp3) is 0.448. The van der Waals surface area contributed by atoms with E-state index in [4.69, 9.17) is 0 Å². The molecule has 1 aliphatic heterocycles. The summed E-state index contributed by atoms with van der Waals surface area (Å²) < 4.78 is 81.5. The molecule has 2 fully saturated rings. The summed E-state index contributed by atoms with van der Waals surface area (Å²) in [4.78, 5) is 19.8. The average molecular weight is 565 g/mol. The number of nitrogens with one attached hydrogen (secondary N) is 1. The Morgan fingerprint density at radius 1 is 0.950 bits per heavy atom. The smallest absolute Gasteiger partial charge is 0.352 e. The summed E-state index contributed by atoms with van der Waals surface area (Å²) in [7, 11) is 0. The first-order valence-corrected chi connectivity index (χ1v) is 13.3. The van der Waals surface area contributed by atoms with E-state index in [1.165, 1.54) is 0 Å². The number of carbonyl (C=O) groups excluding carboxylic acids is 1. The fourth-order valence-corrected chi connectivity index (χ4v) is 5.51. The van der Waals surface area contributed by atoms with Crippen LogP contribution < -0.4 is 5.32 Å². The maximum absolute atomic E-state index is 13.5. The molecule has 1 amide bonds. The number of aromatic nitrogens is 2. The first-order valence-electron chi connectivity index (χ1n) is 13.3. The lowest BCUT2D eigenvalue weighted by Crippen LogP contribution is -2.48. The van der Waals surface area contributed by atoms with E-state index in [2.05, 4.69) is 21.3 Å². The predicted octanol–water partition coefficient (Wildman–Crippen LogP) is 6.61. The molecule has 2 aliphatic rings. The van der Waals surface area contributed by atoms with Crippen LogP contribution in [0, 0.1) is 11.3 Å². The number of amides is 1. The maximum Gasteiger partial charge on any atom is 0.416 e. The Bertz CT molecular complexity index is 1290. The lowest BCUT2D eigenvalue weighted by atomic mass is 9.73. The molecule has 0 radical (unpaired) electrons.